The van der Waals surface area contributed by atoms with Crippen molar-refractivity contribution in [3.63, 3.8) is 0 Å². The number of piperazine rings is 1. The minimum Gasteiger partial charge on any atom is -0.338 e. The zero-order chi connectivity index (χ0) is 21.1. The Morgan fingerprint density at radius 1 is 1.03 bits per heavy atom. The van der Waals surface area contributed by atoms with E-state index in [-0.39, 0.29) is 17.7 Å². The van der Waals surface area contributed by atoms with Crippen molar-refractivity contribution < 1.29 is 9.59 Å². The summed E-state index contributed by atoms with van der Waals surface area (Å²) >= 11 is 0. The van der Waals surface area contributed by atoms with Crippen molar-refractivity contribution in [2.45, 2.75) is 26.7 Å². The van der Waals surface area contributed by atoms with Gasteiger partial charge in [0.1, 0.15) is 0 Å². The van der Waals surface area contributed by atoms with Crippen molar-refractivity contribution >= 4 is 11.8 Å². The Labute approximate surface area is 172 Å². The third kappa shape index (κ3) is 4.67. The Bertz CT molecular complexity index is 862. The molecule has 1 aliphatic rings. The highest BCUT2D eigenvalue weighted by atomic mass is 16.2. The van der Waals surface area contributed by atoms with Crippen LogP contribution in [0.4, 0.5) is 0 Å². The lowest BCUT2D eigenvalue weighted by molar-refractivity contribution is -0.133. The van der Waals surface area contributed by atoms with Crippen LogP contribution in [-0.4, -0.2) is 83.1 Å². The Morgan fingerprint density at radius 3 is 2.17 bits per heavy atom. The van der Waals surface area contributed by atoms with Crippen molar-refractivity contribution in [3.8, 4) is 5.69 Å². The molecule has 0 unspecified atom stereocenters. The second kappa shape index (κ2) is 8.78. The number of carbonyl (C=O) groups is 2. The second-order valence-corrected chi connectivity index (χ2v) is 8.26. The van der Waals surface area contributed by atoms with Gasteiger partial charge >= 0.3 is 0 Å². The Hall–Kier alpha value is -2.67. The van der Waals surface area contributed by atoms with Crippen LogP contribution >= 0.6 is 0 Å². The summed E-state index contributed by atoms with van der Waals surface area (Å²) in [6, 6.07) is 8.15. The Balaban J connectivity index is 1.76. The number of hydrogen-bond acceptors (Lipinski definition) is 4. The summed E-state index contributed by atoms with van der Waals surface area (Å²) in [5.41, 5.74) is 3.71. The number of amides is 2. The van der Waals surface area contributed by atoms with E-state index in [0.29, 0.717) is 38.3 Å². The molecule has 0 spiro atoms. The molecule has 0 bridgehead atoms. The molecule has 1 aromatic carbocycles. The topological polar surface area (TPSA) is 61.7 Å². The molecule has 1 fully saturated rings. The molecule has 0 atom stereocenters. The summed E-state index contributed by atoms with van der Waals surface area (Å²) in [5.74, 6) is 0.254. The third-order valence-electron chi connectivity index (χ3n) is 5.23. The number of hydrogen-bond donors (Lipinski definition) is 0. The first kappa shape index (κ1) is 21.0. The highest BCUT2D eigenvalue weighted by Gasteiger charge is 2.28. The number of nitrogens with zero attached hydrogens (tertiary/aromatic N) is 5. The molecule has 1 saturated heterocycles. The van der Waals surface area contributed by atoms with Crippen LogP contribution in [0.2, 0.25) is 0 Å². The van der Waals surface area contributed by atoms with E-state index in [2.05, 4.69) is 18.9 Å². The van der Waals surface area contributed by atoms with Gasteiger partial charge in [0, 0.05) is 26.2 Å². The SMILES string of the molecule is Cc1ccc(-n2ncc(C(=O)N3CCN(C(=O)CN(C)C)CC3)c2C(C)C)cc1. The summed E-state index contributed by atoms with van der Waals surface area (Å²) in [6.45, 7) is 8.84. The van der Waals surface area contributed by atoms with Crippen LogP contribution in [0, 0.1) is 6.92 Å². The maximum Gasteiger partial charge on any atom is 0.257 e. The lowest BCUT2D eigenvalue weighted by Gasteiger charge is -2.35. The van der Waals surface area contributed by atoms with Gasteiger partial charge in [-0.3, -0.25) is 9.59 Å². The van der Waals surface area contributed by atoms with Crippen LogP contribution in [-0.2, 0) is 4.79 Å². The summed E-state index contributed by atoms with van der Waals surface area (Å²) in [6.07, 6.45) is 1.68. The van der Waals surface area contributed by atoms with Crippen molar-refractivity contribution in [1.82, 2.24) is 24.5 Å². The predicted molar refractivity (Wildman–Crippen MR) is 113 cm³/mol. The number of aryl methyl sites for hydroxylation is 1. The number of rotatable bonds is 5. The molecule has 29 heavy (non-hydrogen) atoms. The van der Waals surface area contributed by atoms with Crippen molar-refractivity contribution in [3.05, 3.63) is 47.3 Å². The molecule has 1 aromatic heterocycles. The highest BCUT2D eigenvalue weighted by Crippen LogP contribution is 2.25. The molecule has 0 saturated carbocycles. The Morgan fingerprint density at radius 2 is 1.62 bits per heavy atom. The minimum absolute atomic E-state index is 0.00762. The zero-order valence-electron chi connectivity index (χ0n) is 18.1. The van der Waals surface area contributed by atoms with Crippen molar-refractivity contribution in [2.75, 3.05) is 46.8 Å². The van der Waals surface area contributed by atoms with E-state index in [1.165, 1.54) is 5.56 Å². The fourth-order valence-corrected chi connectivity index (χ4v) is 3.67. The molecule has 7 nitrogen and oxygen atoms in total. The van der Waals surface area contributed by atoms with Gasteiger partial charge in [-0.25, -0.2) is 4.68 Å². The van der Waals surface area contributed by atoms with E-state index >= 15 is 0 Å². The first-order valence-corrected chi connectivity index (χ1v) is 10.1. The molecule has 1 aliphatic heterocycles. The average Bonchev–Trinajstić information content (AvgIpc) is 3.13. The molecular weight excluding hydrogens is 366 g/mol. The van der Waals surface area contributed by atoms with Gasteiger partial charge in [-0.2, -0.15) is 5.10 Å². The van der Waals surface area contributed by atoms with E-state index in [1.807, 2.05) is 64.7 Å². The van der Waals surface area contributed by atoms with Crippen LogP contribution in [0.15, 0.2) is 30.5 Å². The van der Waals surface area contributed by atoms with E-state index in [4.69, 9.17) is 0 Å². The molecule has 7 heteroatoms. The number of aromatic nitrogens is 2. The van der Waals surface area contributed by atoms with E-state index in [1.54, 1.807) is 6.20 Å². The predicted octanol–water partition coefficient (Wildman–Crippen LogP) is 2.15. The molecule has 3 rings (SSSR count). The summed E-state index contributed by atoms with van der Waals surface area (Å²) < 4.78 is 1.87. The first-order valence-electron chi connectivity index (χ1n) is 10.1. The fraction of sp³-hybridized carbons (Fsp3) is 0.500. The van der Waals surface area contributed by atoms with Gasteiger partial charge in [0.05, 0.1) is 29.7 Å². The lowest BCUT2D eigenvalue weighted by atomic mass is 10.0. The van der Waals surface area contributed by atoms with Crippen LogP contribution in [0.1, 0.15) is 41.4 Å². The molecular formula is C22H31N5O2. The molecule has 0 radical (unpaired) electrons. The number of likely N-dealkylation sites (N-methyl/N-ethyl adjacent to an activating group) is 1. The Kier molecular flexibility index (Phi) is 6.37. The summed E-state index contributed by atoms with van der Waals surface area (Å²) in [4.78, 5) is 31.0. The summed E-state index contributed by atoms with van der Waals surface area (Å²) in [7, 11) is 3.77. The van der Waals surface area contributed by atoms with Gasteiger partial charge < -0.3 is 14.7 Å². The molecule has 2 amide bonds. The van der Waals surface area contributed by atoms with Gasteiger partial charge in [0.2, 0.25) is 5.91 Å². The number of carbonyl (C=O) groups excluding carboxylic acids is 2. The average molecular weight is 398 g/mol. The van der Waals surface area contributed by atoms with E-state index < -0.39 is 0 Å². The van der Waals surface area contributed by atoms with Gasteiger partial charge in [-0.05, 0) is 39.1 Å². The van der Waals surface area contributed by atoms with Crippen LogP contribution in [0.25, 0.3) is 5.69 Å². The van der Waals surface area contributed by atoms with Gasteiger partial charge in [-0.1, -0.05) is 31.5 Å². The highest BCUT2D eigenvalue weighted by molar-refractivity contribution is 5.95. The number of benzene rings is 1. The standard InChI is InChI=1S/C22H31N5O2/c1-16(2)21-19(14-23-27(21)18-8-6-17(3)7-9-18)22(29)26-12-10-25(11-13-26)20(28)15-24(4)5/h6-9,14,16H,10-13,15H2,1-5H3. The van der Waals surface area contributed by atoms with Crippen LogP contribution in [0.5, 0.6) is 0 Å². The van der Waals surface area contributed by atoms with Gasteiger partial charge in [0.25, 0.3) is 5.91 Å². The maximum atomic E-state index is 13.2. The summed E-state index contributed by atoms with van der Waals surface area (Å²) in [5, 5.41) is 4.53. The van der Waals surface area contributed by atoms with Gasteiger partial charge in [-0.15, -0.1) is 0 Å². The minimum atomic E-state index is -0.00762. The van der Waals surface area contributed by atoms with Crippen LogP contribution in [0.3, 0.4) is 0 Å². The van der Waals surface area contributed by atoms with Gasteiger partial charge in [0.15, 0.2) is 0 Å². The lowest BCUT2D eigenvalue weighted by Crippen LogP contribution is -2.52. The smallest absolute Gasteiger partial charge is 0.257 e. The monoisotopic (exact) mass is 397 g/mol. The molecule has 0 aliphatic carbocycles. The molecule has 156 valence electrons. The third-order valence-corrected chi connectivity index (χ3v) is 5.23. The van der Waals surface area contributed by atoms with Crippen LogP contribution < -0.4 is 0 Å². The zero-order valence-corrected chi connectivity index (χ0v) is 18.1. The first-order chi connectivity index (χ1) is 13.8. The molecule has 0 N–H and O–H groups in total. The maximum absolute atomic E-state index is 13.2. The van der Waals surface area contributed by atoms with Crippen molar-refractivity contribution in [1.29, 1.82) is 0 Å². The van der Waals surface area contributed by atoms with E-state index in [9.17, 15) is 9.59 Å². The molecule has 2 aromatic rings. The van der Waals surface area contributed by atoms with Crippen molar-refractivity contribution in [2.24, 2.45) is 0 Å². The largest absolute Gasteiger partial charge is 0.338 e. The fourth-order valence-electron chi connectivity index (χ4n) is 3.67. The quantitative estimate of drug-likeness (QED) is 0.776. The molecule has 2 heterocycles. The normalized spacial score (nSPS) is 14.7. The van der Waals surface area contributed by atoms with E-state index in [0.717, 1.165) is 11.4 Å². The second-order valence-electron chi connectivity index (χ2n) is 8.26.